The smallest absolute Gasteiger partial charge is 0.161 e. The second-order valence-electron chi connectivity index (χ2n) is 3.44. The summed E-state index contributed by atoms with van der Waals surface area (Å²) in [6, 6.07) is 0. The lowest BCUT2D eigenvalue weighted by Gasteiger charge is -2.12. The predicted molar refractivity (Wildman–Crippen MR) is 54.9 cm³/mol. The summed E-state index contributed by atoms with van der Waals surface area (Å²) in [5.74, 6) is 0.265. The molecule has 0 aliphatic carbocycles. The summed E-state index contributed by atoms with van der Waals surface area (Å²) < 4.78 is 5.16. The maximum Gasteiger partial charge on any atom is 0.161 e. The first-order valence-corrected chi connectivity index (χ1v) is 5.31. The van der Waals surface area contributed by atoms with E-state index >= 15 is 0 Å². The van der Waals surface area contributed by atoms with Crippen molar-refractivity contribution in [3.8, 4) is 0 Å². The van der Waals surface area contributed by atoms with Crippen molar-refractivity contribution in [2.75, 3.05) is 7.11 Å². The van der Waals surface area contributed by atoms with E-state index in [9.17, 15) is 4.79 Å². The number of unbranched alkanes of at least 4 members (excludes halogenated alkanes) is 2. The number of ether oxygens (including phenoxy) is 1. The van der Waals surface area contributed by atoms with Gasteiger partial charge in [-0.1, -0.05) is 33.1 Å². The Morgan fingerprint density at radius 2 is 1.92 bits per heavy atom. The molecule has 0 aliphatic rings. The lowest BCUT2D eigenvalue weighted by molar-refractivity contribution is -0.129. The van der Waals surface area contributed by atoms with E-state index in [1.54, 1.807) is 7.11 Å². The van der Waals surface area contributed by atoms with Gasteiger partial charge in [-0.15, -0.1) is 0 Å². The molecule has 0 aromatic carbocycles. The van der Waals surface area contributed by atoms with Gasteiger partial charge in [-0.25, -0.2) is 0 Å². The fourth-order valence-electron chi connectivity index (χ4n) is 1.40. The van der Waals surface area contributed by atoms with E-state index in [0.29, 0.717) is 6.42 Å². The molecule has 13 heavy (non-hydrogen) atoms. The highest BCUT2D eigenvalue weighted by Gasteiger charge is 2.15. The molecule has 0 N–H and O–H groups in total. The summed E-state index contributed by atoms with van der Waals surface area (Å²) in [5, 5.41) is 0. The van der Waals surface area contributed by atoms with E-state index in [0.717, 1.165) is 19.3 Å². The second-order valence-corrected chi connectivity index (χ2v) is 3.44. The zero-order chi connectivity index (χ0) is 10.1. The van der Waals surface area contributed by atoms with Crippen LogP contribution in [0.15, 0.2) is 0 Å². The molecule has 0 radical (unpaired) electrons. The van der Waals surface area contributed by atoms with Gasteiger partial charge in [0, 0.05) is 13.5 Å². The Hall–Kier alpha value is -0.370. The Morgan fingerprint density at radius 3 is 2.38 bits per heavy atom. The Labute approximate surface area is 81.7 Å². The Morgan fingerprint density at radius 1 is 1.23 bits per heavy atom. The van der Waals surface area contributed by atoms with E-state index in [1.807, 2.05) is 6.92 Å². The van der Waals surface area contributed by atoms with Crippen LogP contribution in [0.5, 0.6) is 0 Å². The van der Waals surface area contributed by atoms with Crippen molar-refractivity contribution in [2.45, 2.75) is 58.5 Å². The molecule has 1 atom stereocenters. The summed E-state index contributed by atoms with van der Waals surface area (Å²) in [7, 11) is 1.63. The van der Waals surface area contributed by atoms with Crippen LogP contribution in [0.4, 0.5) is 0 Å². The molecule has 0 bridgehead atoms. The van der Waals surface area contributed by atoms with Gasteiger partial charge in [0.25, 0.3) is 0 Å². The lowest BCUT2D eigenvalue weighted by Crippen LogP contribution is -2.22. The first-order chi connectivity index (χ1) is 6.26. The molecule has 1 unspecified atom stereocenters. The van der Waals surface area contributed by atoms with Crippen molar-refractivity contribution in [2.24, 2.45) is 0 Å². The molecule has 0 aliphatic heterocycles. The SMILES string of the molecule is CCCCCC(OC)C(=O)CCC. The number of Topliss-reactive ketones (excluding diaryl/α,β-unsaturated/α-hetero) is 1. The van der Waals surface area contributed by atoms with Gasteiger partial charge < -0.3 is 4.74 Å². The van der Waals surface area contributed by atoms with Gasteiger partial charge in [0.2, 0.25) is 0 Å². The topological polar surface area (TPSA) is 26.3 Å². The molecular weight excluding hydrogens is 164 g/mol. The van der Waals surface area contributed by atoms with Crippen LogP contribution in [0, 0.1) is 0 Å². The van der Waals surface area contributed by atoms with Crippen molar-refractivity contribution in [3.63, 3.8) is 0 Å². The van der Waals surface area contributed by atoms with E-state index in [2.05, 4.69) is 6.92 Å². The molecule has 0 fully saturated rings. The summed E-state index contributed by atoms with van der Waals surface area (Å²) in [5.41, 5.74) is 0. The summed E-state index contributed by atoms with van der Waals surface area (Å²) in [4.78, 5) is 11.4. The number of carbonyl (C=O) groups is 1. The molecule has 0 saturated carbocycles. The van der Waals surface area contributed by atoms with Crippen molar-refractivity contribution in [3.05, 3.63) is 0 Å². The van der Waals surface area contributed by atoms with Crippen molar-refractivity contribution in [1.29, 1.82) is 0 Å². The van der Waals surface area contributed by atoms with Gasteiger partial charge in [0.05, 0.1) is 0 Å². The molecule has 2 heteroatoms. The summed E-state index contributed by atoms with van der Waals surface area (Å²) >= 11 is 0. The molecule has 0 saturated heterocycles. The minimum Gasteiger partial charge on any atom is -0.374 e. The molecule has 78 valence electrons. The van der Waals surface area contributed by atoms with Crippen LogP contribution >= 0.6 is 0 Å². The zero-order valence-corrected chi connectivity index (χ0v) is 9.14. The van der Waals surface area contributed by atoms with Gasteiger partial charge in [0.15, 0.2) is 5.78 Å². The van der Waals surface area contributed by atoms with Gasteiger partial charge in [-0.3, -0.25) is 4.79 Å². The quantitative estimate of drug-likeness (QED) is 0.545. The average Bonchev–Trinajstić information content (AvgIpc) is 2.13. The normalized spacial score (nSPS) is 12.8. The molecule has 2 nitrogen and oxygen atoms in total. The predicted octanol–water partition coefficient (Wildman–Crippen LogP) is 2.95. The zero-order valence-electron chi connectivity index (χ0n) is 9.14. The average molecular weight is 186 g/mol. The van der Waals surface area contributed by atoms with E-state index in [-0.39, 0.29) is 11.9 Å². The number of carbonyl (C=O) groups excluding carboxylic acids is 1. The van der Waals surface area contributed by atoms with Crippen LogP contribution in [-0.4, -0.2) is 19.0 Å². The minimum absolute atomic E-state index is 0.147. The van der Waals surface area contributed by atoms with Crippen molar-refractivity contribution < 1.29 is 9.53 Å². The van der Waals surface area contributed by atoms with Crippen LogP contribution in [0.2, 0.25) is 0 Å². The largest absolute Gasteiger partial charge is 0.374 e. The highest BCUT2D eigenvalue weighted by molar-refractivity contribution is 5.82. The van der Waals surface area contributed by atoms with Crippen molar-refractivity contribution >= 4 is 5.78 Å². The standard InChI is InChI=1S/C11H22O2/c1-4-6-7-9-11(13-3)10(12)8-5-2/h11H,4-9H2,1-3H3. The number of hydrogen-bond acceptors (Lipinski definition) is 2. The van der Waals surface area contributed by atoms with Gasteiger partial charge in [-0.2, -0.15) is 0 Å². The number of rotatable bonds is 8. The second kappa shape index (κ2) is 8.24. The first-order valence-electron chi connectivity index (χ1n) is 5.31. The third kappa shape index (κ3) is 5.81. The molecule has 0 spiro atoms. The minimum atomic E-state index is -0.147. The maximum atomic E-state index is 11.4. The summed E-state index contributed by atoms with van der Waals surface area (Å²) in [6.07, 6.45) is 5.81. The Balaban J connectivity index is 3.67. The molecule has 0 aromatic heterocycles. The lowest BCUT2D eigenvalue weighted by atomic mass is 10.0. The third-order valence-corrected chi connectivity index (χ3v) is 2.21. The molecular formula is C11H22O2. The van der Waals surface area contributed by atoms with Crippen LogP contribution in [0.25, 0.3) is 0 Å². The number of ketones is 1. The third-order valence-electron chi connectivity index (χ3n) is 2.21. The maximum absolute atomic E-state index is 11.4. The highest BCUT2D eigenvalue weighted by Crippen LogP contribution is 2.09. The molecule has 0 rings (SSSR count). The molecule has 0 aromatic rings. The molecule has 0 amide bonds. The van der Waals surface area contributed by atoms with Crippen LogP contribution in [0.3, 0.4) is 0 Å². The molecule has 0 heterocycles. The monoisotopic (exact) mass is 186 g/mol. The first kappa shape index (κ1) is 12.6. The van der Waals surface area contributed by atoms with E-state index in [1.165, 1.54) is 12.8 Å². The highest BCUT2D eigenvalue weighted by atomic mass is 16.5. The van der Waals surface area contributed by atoms with Gasteiger partial charge in [0.1, 0.15) is 6.10 Å². The fourth-order valence-corrected chi connectivity index (χ4v) is 1.40. The van der Waals surface area contributed by atoms with Gasteiger partial charge in [-0.05, 0) is 12.8 Å². The van der Waals surface area contributed by atoms with Crippen LogP contribution < -0.4 is 0 Å². The Bertz CT molecular complexity index is 132. The number of methoxy groups -OCH3 is 1. The Kier molecular flexibility index (Phi) is 8.00. The fraction of sp³-hybridized carbons (Fsp3) is 0.909. The van der Waals surface area contributed by atoms with Crippen LogP contribution in [-0.2, 0) is 9.53 Å². The summed E-state index contributed by atoms with van der Waals surface area (Å²) in [6.45, 7) is 4.19. The van der Waals surface area contributed by atoms with Crippen molar-refractivity contribution in [1.82, 2.24) is 0 Å². The van der Waals surface area contributed by atoms with Crippen LogP contribution in [0.1, 0.15) is 52.4 Å². The number of hydrogen-bond donors (Lipinski definition) is 0. The van der Waals surface area contributed by atoms with Gasteiger partial charge >= 0.3 is 0 Å². The van der Waals surface area contributed by atoms with E-state index < -0.39 is 0 Å². The van der Waals surface area contributed by atoms with E-state index in [4.69, 9.17) is 4.74 Å².